The molecule has 0 saturated carbocycles. The smallest absolute Gasteiger partial charge is 0.319 e. The fourth-order valence-electron chi connectivity index (χ4n) is 0.601. The molecule has 4 nitrogen and oxygen atoms in total. The molecule has 0 aromatic carbocycles. The van der Waals surface area contributed by atoms with Crippen LogP contribution in [-0.4, -0.2) is 28.5 Å². The van der Waals surface area contributed by atoms with E-state index in [1.807, 2.05) is 0 Å². The van der Waals surface area contributed by atoms with Gasteiger partial charge in [0.1, 0.15) is 4.83 Å². The molecule has 0 bridgehead atoms. The molecule has 1 N–H and O–H groups in total. The molecule has 1 atom stereocenters. The molecular weight excluding hydrogens is 228 g/mol. The summed E-state index contributed by atoms with van der Waals surface area (Å²) in [6.07, 6.45) is 0.225. The number of carbonyl (C=O) groups excluding carboxylic acids is 1. The Morgan fingerprint density at radius 3 is 2.58 bits per heavy atom. The normalized spacial score (nSPS) is 12.2. The first kappa shape index (κ1) is 11.4. The Hall–Kier alpha value is -0.580. The number of ether oxygens (including phenoxy) is 1. The van der Waals surface area contributed by atoms with Crippen LogP contribution in [0.15, 0.2) is 0 Å². The molecule has 0 aliphatic heterocycles. The summed E-state index contributed by atoms with van der Waals surface area (Å²) in [5.41, 5.74) is 0. The molecule has 0 amide bonds. The molecule has 0 heterocycles. The Morgan fingerprint density at radius 1 is 1.58 bits per heavy atom. The van der Waals surface area contributed by atoms with Gasteiger partial charge in [-0.05, 0) is 13.3 Å². The van der Waals surface area contributed by atoms with Gasteiger partial charge in [0.25, 0.3) is 0 Å². The summed E-state index contributed by atoms with van der Waals surface area (Å²) >= 11 is 3.03. The minimum atomic E-state index is -0.913. The van der Waals surface area contributed by atoms with Gasteiger partial charge in [0.15, 0.2) is 0 Å². The SMILES string of the molecule is CCOC(=O)C(Br)CCC(=O)O. The third kappa shape index (κ3) is 5.12. The molecule has 0 radical (unpaired) electrons. The molecule has 0 aromatic rings. The van der Waals surface area contributed by atoms with Crippen molar-refractivity contribution in [2.45, 2.75) is 24.6 Å². The van der Waals surface area contributed by atoms with Gasteiger partial charge < -0.3 is 9.84 Å². The van der Waals surface area contributed by atoms with Gasteiger partial charge in [0, 0.05) is 6.42 Å². The van der Waals surface area contributed by atoms with Gasteiger partial charge in [-0.25, -0.2) is 0 Å². The van der Waals surface area contributed by atoms with Crippen LogP contribution < -0.4 is 0 Å². The van der Waals surface area contributed by atoms with Crippen molar-refractivity contribution in [1.29, 1.82) is 0 Å². The predicted octanol–water partition coefficient (Wildman–Crippen LogP) is 1.18. The largest absolute Gasteiger partial charge is 0.481 e. The molecule has 0 rings (SSSR count). The lowest BCUT2D eigenvalue weighted by Gasteiger charge is -2.06. The van der Waals surface area contributed by atoms with Gasteiger partial charge >= 0.3 is 11.9 Å². The number of hydrogen-bond acceptors (Lipinski definition) is 3. The molecule has 70 valence electrons. The van der Waals surface area contributed by atoms with Crippen molar-refractivity contribution in [2.75, 3.05) is 6.61 Å². The van der Waals surface area contributed by atoms with Gasteiger partial charge in [0.2, 0.25) is 0 Å². The number of carboxylic acid groups (broad SMARTS) is 1. The van der Waals surface area contributed by atoms with Crippen molar-refractivity contribution >= 4 is 27.9 Å². The second kappa shape index (κ2) is 5.99. The average molecular weight is 239 g/mol. The molecular formula is C7H11BrO4. The van der Waals surface area contributed by atoms with Crippen LogP contribution in [-0.2, 0) is 14.3 Å². The van der Waals surface area contributed by atoms with Gasteiger partial charge in [-0.15, -0.1) is 0 Å². The molecule has 1 unspecified atom stereocenters. The van der Waals surface area contributed by atoms with E-state index >= 15 is 0 Å². The molecule has 5 heteroatoms. The van der Waals surface area contributed by atoms with E-state index < -0.39 is 16.8 Å². The maximum atomic E-state index is 10.9. The van der Waals surface area contributed by atoms with E-state index in [9.17, 15) is 9.59 Å². The third-order valence-electron chi connectivity index (χ3n) is 1.15. The van der Waals surface area contributed by atoms with Gasteiger partial charge in [0.05, 0.1) is 6.61 Å². The van der Waals surface area contributed by atoms with E-state index in [-0.39, 0.29) is 12.8 Å². The number of hydrogen-bond donors (Lipinski definition) is 1. The highest BCUT2D eigenvalue weighted by atomic mass is 79.9. The zero-order chi connectivity index (χ0) is 9.56. The van der Waals surface area contributed by atoms with Gasteiger partial charge in [-0.3, -0.25) is 9.59 Å². The standard InChI is InChI=1S/C7H11BrO4/c1-2-12-7(11)5(8)3-4-6(9)10/h5H,2-4H2,1H3,(H,9,10). The Balaban J connectivity index is 3.63. The number of aliphatic carboxylic acids is 1. The lowest BCUT2D eigenvalue weighted by Crippen LogP contribution is -2.18. The minimum absolute atomic E-state index is 0.0330. The zero-order valence-corrected chi connectivity index (χ0v) is 8.33. The van der Waals surface area contributed by atoms with Crippen LogP contribution in [0.4, 0.5) is 0 Å². The number of rotatable bonds is 5. The molecule has 0 saturated heterocycles. The topological polar surface area (TPSA) is 63.6 Å². The Kier molecular flexibility index (Phi) is 5.70. The minimum Gasteiger partial charge on any atom is -0.481 e. The second-order valence-corrected chi connectivity index (χ2v) is 3.26. The summed E-state index contributed by atoms with van der Waals surface area (Å²) in [5, 5.41) is 8.30. The molecule has 0 spiro atoms. The highest BCUT2D eigenvalue weighted by Crippen LogP contribution is 2.09. The average Bonchev–Trinajstić information content (AvgIpc) is 2.00. The van der Waals surface area contributed by atoms with Crippen LogP contribution in [0.1, 0.15) is 19.8 Å². The van der Waals surface area contributed by atoms with Crippen molar-refractivity contribution in [3.05, 3.63) is 0 Å². The number of alkyl halides is 1. The van der Waals surface area contributed by atoms with Crippen LogP contribution in [0, 0.1) is 0 Å². The lowest BCUT2D eigenvalue weighted by atomic mass is 10.2. The molecule has 0 fully saturated rings. The van der Waals surface area contributed by atoms with Crippen molar-refractivity contribution in [3.63, 3.8) is 0 Å². The van der Waals surface area contributed by atoms with Gasteiger partial charge in [-0.2, -0.15) is 0 Å². The first-order valence-electron chi connectivity index (χ1n) is 3.60. The van der Waals surface area contributed by atoms with Crippen LogP contribution in [0.3, 0.4) is 0 Å². The monoisotopic (exact) mass is 238 g/mol. The number of carbonyl (C=O) groups is 2. The molecule has 12 heavy (non-hydrogen) atoms. The first-order chi connectivity index (χ1) is 5.57. The van der Waals surface area contributed by atoms with Crippen LogP contribution in [0.25, 0.3) is 0 Å². The van der Waals surface area contributed by atoms with Crippen LogP contribution >= 0.6 is 15.9 Å². The van der Waals surface area contributed by atoms with Crippen molar-refractivity contribution in [2.24, 2.45) is 0 Å². The maximum Gasteiger partial charge on any atom is 0.319 e. The van der Waals surface area contributed by atoms with Crippen LogP contribution in [0.5, 0.6) is 0 Å². The van der Waals surface area contributed by atoms with Gasteiger partial charge in [-0.1, -0.05) is 15.9 Å². The first-order valence-corrected chi connectivity index (χ1v) is 4.52. The fraction of sp³-hybridized carbons (Fsp3) is 0.714. The van der Waals surface area contributed by atoms with Crippen molar-refractivity contribution < 1.29 is 19.4 Å². The predicted molar refractivity (Wildman–Crippen MR) is 46.2 cm³/mol. The van der Waals surface area contributed by atoms with E-state index in [0.29, 0.717) is 6.61 Å². The highest BCUT2D eigenvalue weighted by Gasteiger charge is 2.16. The Morgan fingerprint density at radius 2 is 2.17 bits per heavy atom. The number of halogens is 1. The fourth-order valence-corrected chi connectivity index (χ4v) is 0.962. The Labute approximate surface area is 79.0 Å². The summed E-state index contributed by atoms with van der Waals surface area (Å²) in [6.45, 7) is 2.02. The zero-order valence-electron chi connectivity index (χ0n) is 6.75. The maximum absolute atomic E-state index is 10.9. The van der Waals surface area contributed by atoms with Crippen molar-refractivity contribution in [1.82, 2.24) is 0 Å². The number of esters is 1. The van der Waals surface area contributed by atoms with E-state index in [2.05, 4.69) is 20.7 Å². The third-order valence-corrected chi connectivity index (χ3v) is 1.99. The summed E-state index contributed by atoms with van der Waals surface area (Å²) in [5.74, 6) is -1.32. The summed E-state index contributed by atoms with van der Waals surface area (Å²) in [7, 11) is 0. The highest BCUT2D eigenvalue weighted by molar-refractivity contribution is 9.10. The lowest BCUT2D eigenvalue weighted by molar-refractivity contribution is -0.142. The summed E-state index contributed by atoms with van der Waals surface area (Å²) in [4.78, 5) is 20.5. The summed E-state index contributed by atoms with van der Waals surface area (Å²) in [6, 6.07) is 0. The molecule has 0 aliphatic carbocycles. The Bertz CT molecular complexity index is 169. The quantitative estimate of drug-likeness (QED) is 0.577. The second-order valence-electron chi connectivity index (χ2n) is 2.15. The van der Waals surface area contributed by atoms with Crippen molar-refractivity contribution in [3.8, 4) is 0 Å². The molecule has 0 aliphatic rings. The number of carboxylic acids is 1. The summed E-state index contributed by atoms with van der Waals surface area (Å²) < 4.78 is 4.66. The van der Waals surface area contributed by atoms with E-state index in [0.717, 1.165) is 0 Å². The van der Waals surface area contributed by atoms with E-state index in [1.165, 1.54) is 0 Å². The van der Waals surface area contributed by atoms with E-state index in [1.54, 1.807) is 6.92 Å². The van der Waals surface area contributed by atoms with Crippen LogP contribution in [0.2, 0.25) is 0 Å². The molecule has 0 aromatic heterocycles. The van der Waals surface area contributed by atoms with E-state index in [4.69, 9.17) is 5.11 Å².